The van der Waals surface area contributed by atoms with E-state index in [9.17, 15) is 0 Å². The Morgan fingerprint density at radius 2 is 2.29 bits per heavy atom. The number of methoxy groups -OCH3 is 1. The zero-order chi connectivity index (χ0) is 10.6. The summed E-state index contributed by atoms with van der Waals surface area (Å²) in [5, 5.41) is 3.72. The van der Waals surface area contributed by atoms with Crippen LogP contribution in [0.1, 0.15) is 11.6 Å². The van der Waals surface area contributed by atoms with Crippen molar-refractivity contribution in [3.05, 3.63) is 28.8 Å². The standard InChI is InChI=1S/C10H15ClN2O/c1-13-9(6-12)7-3-4-10(14-2)8(11)5-7/h3-5,9,13H,6,12H2,1-2H3. The van der Waals surface area contributed by atoms with Crippen molar-refractivity contribution in [3.8, 4) is 5.75 Å². The van der Waals surface area contributed by atoms with Crippen molar-refractivity contribution < 1.29 is 4.74 Å². The molecule has 0 radical (unpaired) electrons. The maximum atomic E-state index is 5.99. The highest BCUT2D eigenvalue weighted by atomic mass is 35.5. The van der Waals surface area contributed by atoms with Crippen molar-refractivity contribution in [1.29, 1.82) is 0 Å². The lowest BCUT2D eigenvalue weighted by molar-refractivity contribution is 0.414. The van der Waals surface area contributed by atoms with E-state index in [1.54, 1.807) is 7.11 Å². The molecule has 3 N–H and O–H groups in total. The van der Waals surface area contributed by atoms with Gasteiger partial charge in [0.1, 0.15) is 5.75 Å². The third kappa shape index (κ3) is 2.38. The van der Waals surface area contributed by atoms with Gasteiger partial charge in [-0.3, -0.25) is 0 Å². The molecule has 0 aliphatic carbocycles. The number of hydrogen-bond donors (Lipinski definition) is 2. The molecule has 78 valence electrons. The maximum Gasteiger partial charge on any atom is 0.137 e. The van der Waals surface area contributed by atoms with Crippen molar-refractivity contribution in [1.82, 2.24) is 5.32 Å². The highest BCUT2D eigenvalue weighted by molar-refractivity contribution is 6.32. The Morgan fingerprint density at radius 1 is 1.57 bits per heavy atom. The normalized spacial score (nSPS) is 12.6. The number of hydrogen-bond acceptors (Lipinski definition) is 3. The summed E-state index contributed by atoms with van der Waals surface area (Å²) in [5.74, 6) is 0.683. The molecule has 0 bridgehead atoms. The molecule has 0 aliphatic rings. The van der Waals surface area contributed by atoms with Crippen LogP contribution < -0.4 is 15.8 Å². The highest BCUT2D eigenvalue weighted by Crippen LogP contribution is 2.27. The summed E-state index contributed by atoms with van der Waals surface area (Å²) in [5.41, 5.74) is 6.67. The predicted octanol–water partition coefficient (Wildman–Crippen LogP) is 1.57. The number of halogens is 1. The smallest absolute Gasteiger partial charge is 0.137 e. The second kappa shape index (κ2) is 5.20. The topological polar surface area (TPSA) is 47.3 Å². The summed E-state index contributed by atoms with van der Waals surface area (Å²) in [6.45, 7) is 0.541. The lowest BCUT2D eigenvalue weighted by atomic mass is 10.1. The first kappa shape index (κ1) is 11.3. The third-order valence-electron chi connectivity index (χ3n) is 2.16. The third-order valence-corrected chi connectivity index (χ3v) is 2.46. The fraction of sp³-hybridized carbons (Fsp3) is 0.400. The average Bonchev–Trinajstić information content (AvgIpc) is 2.20. The summed E-state index contributed by atoms with van der Waals surface area (Å²) in [6.07, 6.45) is 0. The van der Waals surface area contributed by atoms with Gasteiger partial charge in [0.25, 0.3) is 0 Å². The first-order valence-electron chi connectivity index (χ1n) is 4.43. The molecule has 14 heavy (non-hydrogen) atoms. The second-order valence-corrected chi connectivity index (χ2v) is 3.38. The molecule has 4 heteroatoms. The van der Waals surface area contributed by atoms with E-state index in [-0.39, 0.29) is 6.04 Å². The van der Waals surface area contributed by atoms with Crippen LogP contribution in [0.25, 0.3) is 0 Å². The Balaban J connectivity index is 2.95. The lowest BCUT2D eigenvalue weighted by Crippen LogP contribution is -2.24. The first-order chi connectivity index (χ1) is 6.72. The van der Waals surface area contributed by atoms with E-state index in [0.29, 0.717) is 17.3 Å². The van der Waals surface area contributed by atoms with Gasteiger partial charge >= 0.3 is 0 Å². The molecule has 1 atom stereocenters. The number of ether oxygens (including phenoxy) is 1. The van der Waals surface area contributed by atoms with Crippen LogP contribution in [-0.2, 0) is 0 Å². The molecule has 1 aromatic carbocycles. The minimum absolute atomic E-state index is 0.137. The number of nitrogens with two attached hydrogens (primary N) is 1. The van der Waals surface area contributed by atoms with Crippen LogP contribution in [0.4, 0.5) is 0 Å². The molecule has 0 heterocycles. The molecule has 0 saturated carbocycles. The molecule has 0 amide bonds. The largest absolute Gasteiger partial charge is 0.495 e. The molecular weight excluding hydrogens is 200 g/mol. The van der Waals surface area contributed by atoms with Gasteiger partial charge in [0.2, 0.25) is 0 Å². The van der Waals surface area contributed by atoms with Crippen LogP contribution in [0.3, 0.4) is 0 Å². The molecule has 1 unspecified atom stereocenters. The number of likely N-dealkylation sites (N-methyl/N-ethyl adjacent to an activating group) is 1. The van der Waals surface area contributed by atoms with E-state index in [2.05, 4.69) is 5.32 Å². The van der Waals surface area contributed by atoms with Gasteiger partial charge in [0, 0.05) is 12.6 Å². The van der Waals surface area contributed by atoms with Gasteiger partial charge in [-0.2, -0.15) is 0 Å². The van der Waals surface area contributed by atoms with E-state index in [1.165, 1.54) is 0 Å². The van der Waals surface area contributed by atoms with Gasteiger partial charge in [-0.25, -0.2) is 0 Å². The van der Waals surface area contributed by atoms with Crippen molar-refractivity contribution in [3.63, 3.8) is 0 Å². The average molecular weight is 215 g/mol. The zero-order valence-electron chi connectivity index (χ0n) is 8.38. The quantitative estimate of drug-likeness (QED) is 0.800. The fourth-order valence-electron chi connectivity index (χ4n) is 1.32. The van der Waals surface area contributed by atoms with Gasteiger partial charge < -0.3 is 15.8 Å². The van der Waals surface area contributed by atoms with Gasteiger partial charge in [-0.15, -0.1) is 0 Å². The Hall–Kier alpha value is -0.770. The first-order valence-corrected chi connectivity index (χ1v) is 4.81. The van der Waals surface area contributed by atoms with Crippen LogP contribution in [0, 0.1) is 0 Å². The molecule has 0 spiro atoms. The lowest BCUT2D eigenvalue weighted by Gasteiger charge is -2.15. The van der Waals surface area contributed by atoms with Crippen molar-refractivity contribution >= 4 is 11.6 Å². The maximum absolute atomic E-state index is 5.99. The second-order valence-electron chi connectivity index (χ2n) is 2.97. The van der Waals surface area contributed by atoms with Crippen LogP contribution in [0.2, 0.25) is 5.02 Å². The summed E-state index contributed by atoms with van der Waals surface area (Å²) >= 11 is 5.99. The van der Waals surface area contributed by atoms with Crippen molar-refractivity contribution in [2.75, 3.05) is 20.7 Å². The molecule has 3 nitrogen and oxygen atoms in total. The molecule has 1 aromatic rings. The summed E-state index contributed by atoms with van der Waals surface area (Å²) < 4.78 is 5.06. The summed E-state index contributed by atoms with van der Waals surface area (Å²) in [6, 6.07) is 5.81. The Bertz CT molecular complexity index is 300. The molecule has 0 fully saturated rings. The summed E-state index contributed by atoms with van der Waals surface area (Å²) in [4.78, 5) is 0. The zero-order valence-corrected chi connectivity index (χ0v) is 9.14. The number of benzene rings is 1. The Kier molecular flexibility index (Phi) is 4.20. The number of rotatable bonds is 4. The minimum atomic E-state index is 0.137. The Labute approximate surface area is 89.2 Å². The van der Waals surface area contributed by atoms with Crippen LogP contribution in [-0.4, -0.2) is 20.7 Å². The summed E-state index contributed by atoms with van der Waals surface area (Å²) in [7, 11) is 3.47. The molecule has 1 rings (SSSR count). The molecule has 0 aliphatic heterocycles. The van der Waals surface area contributed by atoms with Gasteiger partial charge in [0.05, 0.1) is 12.1 Å². The van der Waals surface area contributed by atoms with E-state index in [1.807, 2.05) is 25.2 Å². The molecule has 0 saturated heterocycles. The van der Waals surface area contributed by atoms with Crippen LogP contribution >= 0.6 is 11.6 Å². The van der Waals surface area contributed by atoms with E-state index in [4.69, 9.17) is 22.1 Å². The van der Waals surface area contributed by atoms with E-state index < -0.39 is 0 Å². The van der Waals surface area contributed by atoms with Crippen LogP contribution in [0.5, 0.6) is 5.75 Å². The molecular formula is C10H15ClN2O. The van der Waals surface area contributed by atoms with Crippen LogP contribution in [0.15, 0.2) is 18.2 Å². The van der Waals surface area contributed by atoms with Gasteiger partial charge in [-0.1, -0.05) is 17.7 Å². The van der Waals surface area contributed by atoms with Gasteiger partial charge in [-0.05, 0) is 24.7 Å². The Morgan fingerprint density at radius 3 is 2.71 bits per heavy atom. The van der Waals surface area contributed by atoms with E-state index >= 15 is 0 Å². The SMILES string of the molecule is CNC(CN)c1ccc(OC)c(Cl)c1. The minimum Gasteiger partial charge on any atom is -0.495 e. The van der Waals surface area contributed by atoms with Crippen molar-refractivity contribution in [2.45, 2.75) is 6.04 Å². The number of nitrogens with one attached hydrogen (secondary N) is 1. The highest BCUT2D eigenvalue weighted by Gasteiger charge is 2.09. The fourth-order valence-corrected chi connectivity index (χ4v) is 1.59. The van der Waals surface area contributed by atoms with Crippen molar-refractivity contribution in [2.24, 2.45) is 5.73 Å². The molecule has 0 aromatic heterocycles. The monoisotopic (exact) mass is 214 g/mol. The van der Waals surface area contributed by atoms with E-state index in [0.717, 1.165) is 5.56 Å². The van der Waals surface area contributed by atoms with Gasteiger partial charge in [0.15, 0.2) is 0 Å². The predicted molar refractivity (Wildman–Crippen MR) is 58.9 cm³/mol.